The Morgan fingerprint density at radius 3 is 2.89 bits per heavy atom. The van der Waals surface area contributed by atoms with Crippen molar-refractivity contribution in [2.75, 3.05) is 20.2 Å². The quantitative estimate of drug-likeness (QED) is 0.823. The summed E-state index contributed by atoms with van der Waals surface area (Å²) in [4.78, 5) is 2.36. The maximum absolute atomic E-state index is 13.9. The number of benzene rings is 1. The van der Waals surface area contributed by atoms with E-state index >= 15 is 0 Å². The van der Waals surface area contributed by atoms with Crippen LogP contribution in [-0.4, -0.2) is 25.1 Å². The molecule has 0 aliphatic carbocycles. The fourth-order valence-corrected chi connectivity index (χ4v) is 2.89. The molecule has 1 heterocycles. The van der Waals surface area contributed by atoms with Crippen molar-refractivity contribution in [3.05, 3.63) is 29.6 Å². The average Bonchev–Trinajstić information content (AvgIpc) is 2.41. The molecule has 19 heavy (non-hydrogen) atoms. The van der Waals surface area contributed by atoms with Crippen LogP contribution in [0.25, 0.3) is 0 Å². The van der Waals surface area contributed by atoms with Crippen molar-refractivity contribution in [1.82, 2.24) is 4.90 Å². The molecule has 0 amide bonds. The molecule has 0 saturated carbocycles. The van der Waals surface area contributed by atoms with Gasteiger partial charge in [0.2, 0.25) is 0 Å². The Balaban J connectivity index is 2.08. The first kappa shape index (κ1) is 14.3. The van der Waals surface area contributed by atoms with Gasteiger partial charge in [0.15, 0.2) is 0 Å². The molecular formula is C16H24FNO. The van der Waals surface area contributed by atoms with Crippen molar-refractivity contribution >= 4 is 0 Å². The third-order valence-corrected chi connectivity index (χ3v) is 4.16. The maximum atomic E-state index is 13.9. The molecule has 1 aromatic rings. The molecule has 0 unspecified atom stereocenters. The summed E-state index contributed by atoms with van der Waals surface area (Å²) in [6.07, 6.45) is 2.50. The van der Waals surface area contributed by atoms with Crippen LogP contribution in [0, 0.1) is 17.7 Å². The normalized spacial score (nSPS) is 20.8. The maximum Gasteiger partial charge on any atom is 0.131 e. The number of hydrogen-bond donors (Lipinski definition) is 0. The second-order valence-electron chi connectivity index (χ2n) is 5.80. The van der Waals surface area contributed by atoms with Crippen LogP contribution in [0.15, 0.2) is 18.2 Å². The molecule has 1 fully saturated rings. The highest BCUT2D eigenvalue weighted by molar-refractivity contribution is 5.34. The van der Waals surface area contributed by atoms with Crippen LogP contribution in [0.4, 0.5) is 4.39 Å². The Bertz CT molecular complexity index is 419. The Hall–Kier alpha value is -1.09. The molecule has 2 rings (SSSR count). The number of hydrogen-bond acceptors (Lipinski definition) is 2. The van der Waals surface area contributed by atoms with E-state index in [4.69, 9.17) is 4.74 Å². The standard InChI is InChI=1S/C16H24FNO/c1-12(2)13-6-5-9-18(10-13)11-14-15(17)7-4-8-16(14)19-3/h4,7-8,12-13H,5-6,9-11H2,1-3H3/t13-/m0/s1. The monoisotopic (exact) mass is 265 g/mol. The molecule has 2 nitrogen and oxygen atoms in total. The molecule has 1 aliphatic rings. The van der Waals surface area contributed by atoms with Gasteiger partial charge in [-0.15, -0.1) is 0 Å². The van der Waals surface area contributed by atoms with Gasteiger partial charge in [-0.3, -0.25) is 4.90 Å². The van der Waals surface area contributed by atoms with Gasteiger partial charge in [0.25, 0.3) is 0 Å². The van der Waals surface area contributed by atoms with E-state index in [0.717, 1.165) is 19.0 Å². The summed E-state index contributed by atoms with van der Waals surface area (Å²) in [6, 6.07) is 5.05. The zero-order valence-electron chi connectivity index (χ0n) is 12.2. The zero-order valence-corrected chi connectivity index (χ0v) is 12.2. The number of methoxy groups -OCH3 is 1. The summed E-state index contributed by atoms with van der Waals surface area (Å²) in [7, 11) is 1.60. The van der Waals surface area contributed by atoms with Crippen LogP contribution < -0.4 is 4.74 Å². The first-order valence-corrected chi connectivity index (χ1v) is 7.15. The smallest absolute Gasteiger partial charge is 0.131 e. The fourth-order valence-electron chi connectivity index (χ4n) is 2.89. The summed E-state index contributed by atoms with van der Waals surface area (Å²) < 4.78 is 19.2. The summed E-state index contributed by atoms with van der Waals surface area (Å²) in [5.74, 6) is 1.93. The predicted molar refractivity (Wildman–Crippen MR) is 75.8 cm³/mol. The first-order valence-electron chi connectivity index (χ1n) is 7.15. The number of likely N-dealkylation sites (tertiary alicyclic amines) is 1. The fraction of sp³-hybridized carbons (Fsp3) is 0.625. The highest BCUT2D eigenvalue weighted by Gasteiger charge is 2.23. The highest BCUT2D eigenvalue weighted by atomic mass is 19.1. The van der Waals surface area contributed by atoms with E-state index in [0.29, 0.717) is 23.8 Å². The number of nitrogens with zero attached hydrogens (tertiary/aromatic N) is 1. The second-order valence-corrected chi connectivity index (χ2v) is 5.80. The number of piperidine rings is 1. The Morgan fingerprint density at radius 1 is 1.42 bits per heavy atom. The van der Waals surface area contributed by atoms with Crippen LogP contribution in [0.5, 0.6) is 5.75 Å². The minimum Gasteiger partial charge on any atom is -0.496 e. The van der Waals surface area contributed by atoms with E-state index in [1.54, 1.807) is 13.2 Å². The molecule has 0 aromatic heterocycles. The van der Waals surface area contributed by atoms with E-state index in [2.05, 4.69) is 18.7 Å². The van der Waals surface area contributed by atoms with Crippen LogP contribution in [0.1, 0.15) is 32.3 Å². The topological polar surface area (TPSA) is 12.5 Å². The number of rotatable bonds is 4. The van der Waals surface area contributed by atoms with Gasteiger partial charge in [-0.2, -0.15) is 0 Å². The minimum atomic E-state index is -0.161. The Labute approximate surface area is 115 Å². The lowest BCUT2D eigenvalue weighted by molar-refractivity contribution is 0.137. The number of halogens is 1. The summed E-state index contributed by atoms with van der Waals surface area (Å²) in [5, 5.41) is 0. The first-order chi connectivity index (χ1) is 9.11. The molecule has 1 atom stereocenters. The largest absolute Gasteiger partial charge is 0.496 e. The molecular weight excluding hydrogens is 241 g/mol. The van der Waals surface area contributed by atoms with Gasteiger partial charge in [0.05, 0.1) is 7.11 Å². The molecule has 0 N–H and O–H groups in total. The van der Waals surface area contributed by atoms with Gasteiger partial charge in [-0.05, 0) is 43.4 Å². The van der Waals surface area contributed by atoms with Crippen molar-refractivity contribution < 1.29 is 9.13 Å². The molecule has 0 bridgehead atoms. The molecule has 106 valence electrons. The molecule has 0 radical (unpaired) electrons. The van der Waals surface area contributed by atoms with Gasteiger partial charge in [0, 0.05) is 18.7 Å². The molecule has 1 saturated heterocycles. The summed E-state index contributed by atoms with van der Waals surface area (Å²) in [6.45, 7) is 7.32. The molecule has 1 aromatic carbocycles. The zero-order chi connectivity index (χ0) is 13.8. The summed E-state index contributed by atoms with van der Waals surface area (Å²) >= 11 is 0. The van der Waals surface area contributed by atoms with Crippen LogP contribution >= 0.6 is 0 Å². The van der Waals surface area contributed by atoms with Crippen molar-refractivity contribution in [2.24, 2.45) is 11.8 Å². The van der Waals surface area contributed by atoms with Crippen LogP contribution in [-0.2, 0) is 6.54 Å². The van der Waals surface area contributed by atoms with Crippen molar-refractivity contribution in [3.63, 3.8) is 0 Å². The number of ether oxygens (including phenoxy) is 1. The van der Waals surface area contributed by atoms with Gasteiger partial charge < -0.3 is 4.74 Å². The van der Waals surface area contributed by atoms with E-state index < -0.39 is 0 Å². The van der Waals surface area contributed by atoms with Crippen molar-refractivity contribution in [1.29, 1.82) is 0 Å². The van der Waals surface area contributed by atoms with E-state index in [-0.39, 0.29) is 5.82 Å². The second kappa shape index (κ2) is 6.38. The van der Waals surface area contributed by atoms with Crippen LogP contribution in [0.2, 0.25) is 0 Å². The van der Waals surface area contributed by atoms with Gasteiger partial charge >= 0.3 is 0 Å². The van der Waals surface area contributed by atoms with Crippen molar-refractivity contribution in [3.8, 4) is 5.75 Å². The lowest BCUT2D eigenvalue weighted by Crippen LogP contribution is -2.37. The Kier molecular flexibility index (Phi) is 4.81. The Morgan fingerprint density at radius 2 is 2.21 bits per heavy atom. The van der Waals surface area contributed by atoms with E-state index in [1.165, 1.54) is 18.9 Å². The lowest BCUT2D eigenvalue weighted by atomic mass is 9.88. The average molecular weight is 265 g/mol. The predicted octanol–water partition coefficient (Wildman–Crippen LogP) is 3.70. The molecule has 1 aliphatic heterocycles. The van der Waals surface area contributed by atoms with Crippen molar-refractivity contribution in [2.45, 2.75) is 33.2 Å². The SMILES string of the molecule is COc1cccc(F)c1CN1CCC[C@H](C(C)C)C1. The molecule has 0 spiro atoms. The lowest BCUT2D eigenvalue weighted by Gasteiger charge is -2.35. The van der Waals surface area contributed by atoms with Gasteiger partial charge in [0.1, 0.15) is 11.6 Å². The van der Waals surface area contributed by atoms with Crippen LogP contribution in [0.3, 0.4) is 0 Å². The minimum absolute atomic E-state index is 0.161. The van der Waals surface area contributed by atoms with Gasteiger partial charge in [-0.25, -0.2) is 4.39 Å². The third kappa shape index (κ3) is 3.47. The van der Waals surface area contributed by atoms with E-state index in [1.807, 2.05) is 6.07 Å². The highest BCUT2D eigenvalue weighted by Crippen LogP contribution is 2.28. The third-order valence-electron chi connectivity index (χ3n) is 4.16. The van der Waals surface area contributed by atoms with Gasteiger partial charge in [-0.1, -0.05) is 19.9 Å². The molecule has 3 heteroatoms. The summed E-state index contributed by atoms with van der Waals surface area (Å²) in [5.41, 5.74) is 0.689. The van der Waals surface area contributed by atoms with E-state index in [9.17, 15) is 4.39 Å².